The van der Waals surface area contributed by atoms with Crippen LogP contribution >= 0.6 is 0 Å². The van der Waals surface area contributed by atoms with Crippen molar-refractivity contribution in [3.63, 3.8) is 0 Å². The zero-order valence-electron chi connectivity index (χ0n) is 14.2. The lowest BCUT2D eigenvalue weighted by Gasteiger charge is -2.24. The van der Waals surface area contributed by atoms with Crippen molar-refractivity contribution in [2.45, 2.75) is 26.2 Å². The van der Waals surface area contributed by atoms with Crippen molar-refractivity contribution in [3.8, 4) is 5.75 Å². The number of nitrogens with one attached hydrogen (secondary N) is 2. The standard InChI is InChI=1S/C20H22N2O3/c1-2-25-18-10-6-5-9-17(18)21-19(23)12-11-15-13-14-7-3-4-8-16(14)22-20(15)24/h3-10,15H,2,11-13H2,1H3,(H,21,23)(H,22,24). The fraction of sp³-hybridized carbons (Fsp3) is 0.300. The zero-order chi connectivity index (χ0) is 17.6. The number of hydrogen-bond acceptors (Lipinski definition) is 3. The minimum Gasteiger partial charge on any atom is -0.492 e. The summed E-state index contributed by atoms with van der Waals surface area (Å²) in [5.74, 6) is 0.352. The summed E-state index contributed by atoms with van der Waals surface area (Å²) >= 11 is 0. The summed E-state index contributed by atoms with van der Waals surface area (Å²) in [6.45, 7) is 2.44. The zero-order valence-corrected chi connectivity index (χ0v) is 14.2. The van der Waals surface area contributed by atoms with Gasteiger partial charge >= 0.3 is 0 Å². The van der Waals surface area contributed by atoms with Gasteiger partial charge in [-0.15, -0.1) is 0 Å². The number of carbonyl (C=O) groups excluding carboxylic acids is 2. The highest BCUT2D eigenvalue weighted by Crippen LogP contribution is 2.28. The average molecular weight is 338 g/mol. The molecule has 1 aliphatic rings. The maximum atomic E-state index is 12.3. The van der Waals surface area contributed by atoms with E-state index in [0.717, 1.165) is 11.3 Å². The van der Waals surface area contributed by atoms with Crippen LogP contribution in [-0.4, -0.2) is 18.4 Å². The van der Waals surface area contributed by atoms with Gasteiger partial charge in [-0.3, -0.25) is 9.59 Å². The number of rotatable bonds is 6. The van der Waals surface area contributed by atoms with Crippen LogP contribution < -0.4 is 15.4 Å². The molecule has 0 aliphatic carbocycles. The van der Waals surface area contributed by atoms with Crippen LogP contribution in [0.2, 0.25) is 0 Å². The number of fused-ring (bicyclic) bond motifs is 1. The predicted octanol–water partition coefficient (Wildman–Crippen LogP) is 3.62. The maximum Gasteiger partial charge on any atom is 0.227 e. The maximum absolute atomic E-state index is 12.3. The van der Waals surface area contributed by atoms with Gasteiger partial charge in [-0.2, -0.15) is 0 Å². The molecule has 2 aromatic rings. The first kappa shape index (κ1) is 17.0. The Morgan fingerprint density at radius 2 is 1.96 bits per heavy atom. The molecule has 1 aliphatic heterocycles. The first-order chi connectivity index (χ1) is 12.2. The minimum atomic E-state index is -0.178. The molecule has 0 aromatic heterocycles. The van der Waals surface area contributed by atoms with Gasteiger partial charge in [0.05, 0.1) is 12.3 Å². The number of benzene rings is 2. The van der Waals surface area contributed by atoms with Crippen molar-refractivity contribution in [1.29, 1.82) is 0 Å². The molecule has 25 heavy (non-hydrogen) atoms. The molecule has 5 heteroatoms. The first-order valence-electron chi connectivity index (χ1n) is 8.58. The third-order valence-electron chi connectivity index (χ3n) is 4.29. The smallest absolute Gasteiger partial charge is 0.227 e. The molecule has 1 heterocycles. The largest absolute Gasteiger partial charge is 0.492 e. The molecule has 2 aromatic carbocycles. The van der Waals surface area contributed by atoms with E-state index in [0.29, 0.717) is 37.3 Å². The minimum absolute atomic E-state index is 0.0128. The molecule has 3 rings (SSSR count). The van der Waals surface area contributed by atoms with Gasteiger partial charge in [0.25, 0.3) is 0 Å². The Hall–Kier alpha value is -2.82. The van der Waals surface area contributed by atoms with E-state index < -0.39 is 0 Å². The fourth-order valence-corrected chi connectivity index (χ4v) is 3.02. The van der Waals surface area contributed by atoms with Crippen molar-refractivity contribution < 1.29 is 14.3 Å². The van der Waals surface area contributed by atoms with E-state index >= 15 is 0 Å². The quantitative estimate of drug-likeness (QED) is 0.845. The molecule has 2 N–H and O–H groups in total. The van der Waals surface area contributed by atoms with Crippen molar-refractivity contribution >= 4 is 23.2 Å². The summed E-state index contributed by atoms with van der Waals surface area (Å²) in [5, 5.41) is 5.79. The molecule has 0 spiro atoms. The summed E-state index contributed by atoms with van der Waals surface area (Å²) < 4.78 is 5.51. The van der Waals surface area contributed by atoms with Gasteiger partial charge in [-0.1, -0.05) is 30.3 Å². The van der Waals surface area contributed by atoms with Crippen molar-refractivity contribution in [2.24, 2.45) is 5.92 Å². The van der Waals surface area contributed by atoms with Crippen LogP contribution in [0.5, 0.6) is 5.75 Å². The van der Waals surface area contributed by atoms with Gasteiger partial charge in [0.2, 0.25) is 11.8 Å². The molecule has 0 saturated heterocycles. The van der Waals surface area contributed by atoms with E-state index in [4.69, 9.17) is 4.74 Å². The van der Waals surface area contributed by atoms with Crippen molar-refractivity contribution in [3.05, 3.63) is 54.1 Å². The Balaban J connectivity index is 1.57. The second-order valence-corrected chi connectivity index (χ2v) is 6.06. The van der Waals surface area contributed by atoms with Crippen LogP contribution in [0.15, 0.2) is 48.5 Å². The highest BCUT2D eigenvalue weighted by atomic mass is 16.5. The second kappa shape index (κ2) is 7.83. The van der Waals surface area contributed by atoms with Gasteiger partial charge in [0, 0.05) is 18.0 Å². The van der Waals surface area contributed by atoms with Gasteiger partial charge < -0.3 is 15.4 Å². The molecule has 0 fully saturated rings. The monoisotopic (exact) mass is 338 g/mol. The summed E-state index contributed by atoms with van der Waals surface area (Å²) in [6.07, 6.45) is 1.48. The highest BCUT2D eigenvalue weighted by Gasteiger charge is 2.26. The molecule has 1 unspecified atom stereocenters. The molecular weight excluding hydrogens is 316 g/mol. The number of ether oxygens (including phenoxy) is 1. The van der Waals surface area contributed by atoms with Crippen LogP contribution in [0.3, 0.4) is 0 Å². The van der Waals surface area contributed by atoms with E-state index in [2.05, 4.69) is 10.6 Å². The van der Waals surface area contributed by atoms with Crippen molar-refractivity contribution in [1.82, 2.24) is 0 Å². The summed E-state index contributed by atoms with van der Waals surface area (Å²) in [6, 6.07) is 15.1. The van der Waals surface area contributed by atoms with Crippen LogP contribution in [0, 0.1) is 5.92 Å². The number of hydrogen-bond donors (Lipinski definition) is 2. The molecule has 2 amide bonds. The Kier molecular flexibility index (Phi) is 5.33. The lowest BCUT2D eigenvalue weighted by Crippen LogP contribution is -2.30. The normalized spacial score (nSPS) is 15.9. The van der Waals surface area contributed by atoms with Gasteiger partial charge in [0.15, 0.2) is 0 Å². The molecule has 0 bridgehead atoms. The predicted molar refractivity (Wildman–Crippen MR) is 97.7 cm³/mol. The Bertz CT molecular complexity index is 773. The third kappa shape index (κ3) is 4.18. The van der Waals surface area contributed by atoms with E-state index in [9.17, 15) is 9.59 Å². The molecular formula is C20H22N2O3. The van der Waals surface area contributed by atoms with Gasteiger partial charge in [0.1, 0.15) is 5.75 Å². The topological polar surface area (TPSA) is 67.4 Å². The molecule has 0 saturated carbocycles. The number of anilines is 2. The SMILES string of the molecule is CCOc1ccccc1NC(=O)CCC1Cc2ccccc2NC1=O. The van der Waals surface area contributed by atoms with Gasteiger partial charge in [-0.25, -0.2) is 0 Å². The van der Waals surface area contributed by atoms with Crippen LogP contribution in [0.4, 0.5) is 11.4 Å². The Morgan fingerprint density at radius 1 is 1.20 bits per heavy atom. The molecule has 0 radical (unpaired) electrons. The van der Waals surface area contributed by atoms with Crippen LogP contribution in [0.25, 0.3) is 0 Å². The molecule has 1 atom stereocenters. The Labute approximate surface area is 147 Å². The first-order valence-corrected chi connectivity index (χ1v) is 8.58. The van der Waals surface area contributed by atoms with Crippen LogP contribution in [0.1, 0.15) is 25.3 Å². The van der Waals surface area contributed by atoms with E-state index in [1.807, 2.05) is 55.5 Å². The van der Waals surface area contributed by atoms with Gasteiger partial charge in [-0.05, 0) is 43.5 Å². The highest BCUT2D eigenvalue weighted by molar-refractivity contribution is 5.97. The third-order valence-corrected chi connectivity index (χ3v) is 4.29. The number of amides is 2. The van der Waals surface area contributed by atoms with Crippen LogP contribution in [-0.2, 0) is 16.0 Å². The lowest BCUT2D eigenvalue weighted by molar-refractivity contribution is -0.121. The van der Waals surface area contributed by atoms with Crippen molar-refractivity contribution in [2.75, 3.05) is 17.2 Å². The fourth-order valence-electron chi connectivity index (χ4n) is 3.02. The summed E-state index contributed by atoms with van der Waals surface area (Å²) in [4.78, 5) is 24.5. The molecule has 5 nitrogen and oxygen atoms in total. The number of para-hydroxylation sites is 3. The average Bonchev–Trinajstić information content (AvgIpc) is 2.62. The number of carbonyl (C=O) groups is 2. The summed E-state index contributed by atoms with van der Waals surface area (Å²) in [5.41, 5.74) is 2.65. The summed E-state index contributed by atoms with van der Waals surface area (Å²) in [7, 11) is 0. The second-order valence-electron chi connectivity index (χ2n) is 6.06. The van der Waals surface area contributed by atoms with E-state index in [1.54, 1.807) is 0 Å². The Morgan fingerprint density at radius 3 is 2.80 bits per heavy atom. The van der Waals surface area contributed by atoms with E-state index in [-0.39, 0.29) is 17.7 Å². The van der Waals surface area contributed by atoms with E-state index in [1.165, 1.54) is 0 Å². The molecule has 130 valence electrons. The lowest BCUT2D eigenvalue weighted by atomic mass is 9.89.